The number of hydrogen-bond donors (Lipinski definition) is 1. The van der Waals surface area contributed by atoms with Gasteiger partial charge in [0.1, 0.15) is 11.7 Å². The van der Waals surface area contributed by atoms with Gasteiger partial charge in [-0.05, 0) is 34.1 Å². The second-order valence-electron chi connectivity index (χ2n) is 6.19. The molecule has 5 heteroatoms. The maximum Gasteiger partial charge on any atom is 0.407 e. The maximum atomic E-state index is 11.2. The molecule has 5 nitrogen and oxygen atoms in total. The summed E-state index contributed by atoms with van der Waals surface area (Å²) in [6.07, 6.45) is 0.408. The largest absolute Gasteiger partial charge is 0.460 e. The highest BCUT2D eigenvalue weighted by Gasteiger charge is 2.24. The van der Waals surface area contributed by atoms with E-state index in [1.54, 1.807) is 20.8 Å². The van der Waals surface area contributed by atoms with Gasteiger partial charge in [0, 0.05) is 6.42 Å². The Morgan fingerprint density at radius 1 is 1.32 bits per heavy atom. The lowest BCUT2D eigenvalue weighted by Crippen LogP contribution is -2.36. The first-order valence-corrected chi connectivity index (χ1v) is 7.44. The maximum absolute atomic E-state index is 11.2. The average molecular weight is 307 g/mol. The molecule has 22 heavy (non-hydrogen) atoms. The Morgan fingerprint density at radius 3 is 2.36 bits per heavy atom. The third-order valence-electron chi connectivity index (χ3n) is 2.78. The number of esters is 1. The van der Waals surface area contributed by atoms with Crippen LogP contribution in [-0.2, 0) is 14.3 Å². The van der Waals surface area contributed by atoms with Crippen molar-refractivity contribution in [3.63, 3.8) is 0 Å². The van der Waals surface area contributed by atoms with E-state index in [4.69, 9.17) is 9.47 Å². The molecule has 1 N–H and O–H groups in total. The van der Waals surface area contributed by atoms with E-state index >= 15 is 0 Å². The molecule has 0 aromatic heterocycles. The van der Waals surface area contributed by atoms with Crippen LogP contribution in [-0.4, -0.2) is 30.3 Å². The molecular weight excluding hydrogens is 282 g/mol. The third kappa shape index (κ3) is 8.29. The summed E-state index contributed by atoms with van der Waals surface area (Å²) in [4.78, 5) is 22.0. The predicted molar refractivity (Wildman–Crippen MR) is 84.5 cm³/mol. The normalized spacial score (nSPS) is 17.1. The number of carbonyl (C=O) groups is 2. The van der Waals surface area contributed by atoms with E-state index in [9.17, 15) is 9.59 Å². The Bertz CT molecular complexity index is 479. The smallest absolute Gasteiger partial charge is 0.407 e. The summed E-state index contributed by atoms with van der Waals surface area (Å²) in [5.74, 6) is -0.203. The fourth-order valence-corrected chi connectivity index (χ4v) is 1.77. The summed E-state index contributed by atoms with van der Waals surface area (Å²) in [5.41, 5.74) is 0.818. The minimum absolute atomic E-state index is 0.203. The van der Waals surface area contributed by atoms with E-state index in [0.29, 0.717) is 19.4 Å². The van der Waals surface area contributed by atoms with Crippen LogP contribution in [0.25, 0.3) is 0 Å². The summed E-state index contributed by atoms with van der Waals surface area (Å²) in [6.45, 7) is 7.78. The molecule has 1 aliphatic rings. The SMILES string of the molecule is CC(C)(C)OC(=O)NCC1CCC(=O)O1.Cc1ccccc1. The number of cyclic esters (lactones) is 1. The van der Waals surface area contributed by atoms with Crippen molar-refractivity contribution in [1.82, 2.24) is 5.32 Å². The van der Waals surface area contributed by atoms with E-state index in [0.717, 1.165) is 0 Å². The number of amides is 1. The van der Waals surface area contributed by atoms with Gasteiger partial charge in [0.25, 0.3) is 0 Å². The summed E-state index contributed by atoms with van der Waals surface area (Å²) >= 11 is 0. The standard InChI is InChI=1S/C10H17NO4.C7H8/c1-10(2,3)15-9(13)11-6-7-4-5-8(12)14-7;1-7-5-3-2-4-6-7/h7H,4-6H2,1-3H3,(H,11,13);2-6H,1H3. The summed E-state index contributed by atoms with van der Waals surface area (Å²) in [5, 5.41) is 2.56. The minimum Gasteiger partial charge on any atom is -0.460 e. The molecular formula is C17H25NO4. The molecule has 2 rings (SSSR count). The third-order valence-corrected chi connectivity index (χ3v) is 2.78. The monoisotopic (exact) mass is 307 g/mol. The van der Waals surface area contributed by atoms with E-state index in [1.807, 2.05) is 18.2 Å². The summed E-state index contributed by atoms with van der Waals surface area (Å²) in [7, 11) is 0. The highest BCUT2D eigenvalue weighted by Crippen LogP contribution is 2.13. The van der Waals surface area contributed by atoms with E-state index in [-0.39, 0.29) is 12.1 Å². The highest BCUT2D eigenvalue weighted by molar-refractivity contribution is 5.72. The van der Waals surface area contributed by atoms with Gasteiger partial charge in [0.05, 0.1) is 6.54 Å². The number of hydrogen-bond acceptors (Lipinski definition) is 4. The summed E-state index contributed by atoms with van der Waals surface area (Å²) < 4.78 is 9.97. The molecule has 1 aromatic carbocycles. The van der Waals surface area contributed by atoms with Gasteiger partial charge in [-0.25, -0.2) is 4.79 Å². The fourth-order valence-electron chi connectivity index (χ4n) is 1.77. The van der Waals surface area contributed by atoms with Crippen LogP contribution in [0, 0.1) is 6.92 Å². The average Bonchev–Trinajstić information content (AvgIpc) is 2.82. The Hall–Kier alpha value is -2.04. The van der Waals surface area contributed by atoms with Crippen LogP contribution in [0.15, 0.2) is 30.3 Å². The lowest BCUT2D eigenvalue weighted by molar-refractivity contribution is -0.141. The van der Waals surface area contributed by atoms with Crippen molar-refractivity contribution in [2.24, 2.45) is 0 Å². The van der Waals surface area contributed by atoms with E-state index in [1.165, 1.54) is 5.56 Å². The Kier molecular flexibility index (Phi) is 6.89. The number of carbonyl (C=O) groups excluding carboxylic acids is 2. The van der Waals surface area contributed by atoms with E-state index in [2.05, 4.69) is 24.4 Å². The number of rotatable bonds is 2. The minimum atomic E-state index is -0.504. The molecule has 1 unspecified atom stereocenters. The molecule has 1 fully saturated rings. The van der Waals surface area contributed by atoms with E-state index < -0.39 is 11.7 Å². The number of nitrogens with one attached hydrogen (secondary N) is 1. The van der Waals surface area contributed by atoms with Crippen molar-refractivity contribution in [2.75, 3.05) is 6.54 Å². The first-order valence-electron chi connectivity index (χ1n) is 7.44. The molecule has 0 aliphatic carbocycles. The van der Waals surface area contributed by atoms with Gasteiger partial charge in [0.15, 0.2) is 0 Å². The number of aryl methyl sites for hydroxylation is 1. The zero-order valence-electron chi connectivity index (χ0n) is 13.7. The quantitative estimate of drug-likeness (QED) is 0.852. The van der Waals surface area contributed by atoms with Crippen molar-refractivity contribution in [3.8, 4) is 0 Å². The first kappa shape index (κ1) is 18.0. The topological polar surface area (TPSA) is 64.6 Å². The number of ether oxygens (including phenoxy) is 2. The molecule has 1 heterocycles. The van der Waals surface area contributed by atoms with Crippen molar-refractivity contribution in [1.29, 1.82) is 0 Å². The van der Waals surface area contributed by atoms with Gasteiger partial charge in [-0.3, -0.25) is 4.79 Å². The van der Waals surface area contributed by atoms with Gasteiger partial charge in [0.2, 0.25) is 0 Å². The van der Waals surface area contributed by atoms with Gasteiger partial charge in [-0.1, -0.05) is 35.9 Å². The van der Waals surface area contributed by atoms with Crippen LogP contribution in [0.2, 0.25) is 0 Å². The number of alkyl carbamates (subject to hydrolysis) is 1. The summed E-state index contributed by atoms with van der Waals surface area (Å²) in [6, 6.07) is 10.3. The van der Waals surface area contributed by atoms with Crippen LogP contribution < -0.4 is 5.32 Å². The fraction of sp³-hybridized carbons (Fsp3) is 0.529. The lowest BCUT2D eigenvalue weighted by atomic mass is 10.2. The van der Waals surface area contributed by atoms with Gasteiger partial charge in [-0.2, -0.15) is 0 Å². The van der Waals surface area contributed by atoms with Crippen molar-refractivity contribution in [3.05, 3.63) is 35.9 Å². The molecule has 1 atom stereocenters. The molecule has 0 spiro atoms. The van der Waals surface area contributed by atoms with Crippen molar-refractivity contribution in [2.45, 2.75) is 52.2 Å². The zero-order valence-corrected chi connectivity index (χ0v) is 13.7. The molecule has 1 aliphatic heterocycles. The molecule has 0 bridgehead atoms. The van der Waals surface area contributed by atoms with Crippen molar-refractivity contribution < 1.29 is 19.1 Å². The van der Waals surface area contributed by atoms with Crippen LogP contribution in [0.3, 0.4) is 0 Å². The van der Waals surface area contributed by atoms with Crippen molar-refractivity contribution >= 4 is 12.1 Å². The van der Waals surface area contributed by atoms with Crippen LogP contribution >= 0.6 is 0 Å². The molecule has 0 saturated carbocycles. The van der Waals surface area contributed by atoms with Crippen LogP contribution in [0.4, 0.5) is 4.79 Å². The van der Waals surface area contributed by atoms with Gasteiger partial charge < -0.3 is 14.8 Å². The molecule has 1 saturated heterocycles. The predicted octanol–water partition coefficient (Wildman–Crippen LogP) is 3.21. The Balaban J connectivity index is 0.000000287. The van der Waals surface area contributed by atoms with Gasteiger partial charge in [-0.15, -0.1) is 0 Å². The van der Waals surface area contributed by atoms with Crippen LogP contribution in [0.5, 0.6) is 0 Å². The van der Waals surface area contributed by atoms with Gasteiger partial charge >= 0.3 is 12.1 Å². The Morgan fingerprint density at radius 2 is 1.95 bits per heavy atom. The number of benzene rings is 1. The lowest BCUT2D eigenvalue weighted by Gasteiger charge is -2.20. The molecule has 0 radical (unpaired) electrons. The second-order valence-corrected chi connectivity index (χ2v) is 6.19. The zero-order chi connectivity index (χ0) is 16.6. The first-order chi connectivity index (χ1) is 10.3. The molecule has 1 amide bonds. The Labute approximate surface area is 132 Å². The second kappa shape index (κ2) is 8.41. The van der Waals surface area contributed by atoms with Crippen LogP contribution in [0.1, 0.15) is 39.2 Å². The molecule has 122 valence electrons. The highest BCUT2D eigenvalue weighted by atomic mass is 16.6. The molecule has 1 aromatic rings.